The number of hydrogen-bond acceptors (Lipinski definition) is 4. The molecule has 1 saturated carbocycles. The SMILES string of the molecule is Nc1ccc(S(=O)(=O)NCC2CCC(O)C2)c(Br)c1. The third-order valence-corrected chi connectivity index (χ3v) is 5.72. The Morgan fingerprint density at radius 1 is 1.42 bits per heavy atom. The van der Waals surface area contributed by atoms with Gasteiger partial charge in [-0.2, -0.15) is 0 Å². The van der Waals surface area contributed by atoms with Crippen molar-refractivity contribution in [1.82, 2.24) is 4.72 Å². The Labute approximate surface area is 121 Å². The maximum absolute atomic E-state index is 12.2. The quantitative estimate of drug-likeness (QED) is 0.718. The first kappa shape index (κ1) is 14.8. The average molecular weight is 349 g/mol. The number of halogens is 1. The molecule has 2 unspecified atom stereocenters. The highest BCUT2D eigenvalue weighted by atomic mass is 79.9. The van der Waals surface area contributed by atoms with Gasteiger partial charge in [-0.3, -0.25) is 0 Å². The van der Waals surface area contributed by atoms with Crippen molar-refractivity contribution >= 4 is 31.6 Å². The lowest BCUT2D eigenvalue weighted by Crippen LogP contribution is -2.29. The molecule has 19 heavy (non-hydrogen) atoms. The topological polar surface area (TPSA) is 92.4 Å². The van der Waals surface area contributed by atoms with Gasteiger partial charge in [-0.05, 0) is 59.3 Å². The third-order valence-electron chi connectivity index (χ3n) is 3.32. The molecule has 106 valence electrons. The summed E-state index contributed by atoms with van der Waals surface area (Å²) in [4.78, 5) is 0.181. The van der Waals surface area contributed by atoms with Gasteiger partial charge in [0.1, 0.15) is 0 Å². The smallest absolute Gasteiger partial charge is 0.241 e. The zero-order valence-corrected chi connectivity index (χ0v) is 12.7. The fraction of sp³-hybridized carbons (Fsp3) is 0.500. The van der Waals surface area contributed by atoms with E-state index in [1.54, 1.807) is 12.1 Å². The minimum Gasteiger partial charge on any atom is -0.399 e. The van der Waals surface area contributed by atoms with Crippen LogP contribution in [-0.4, -0.2) is 26.2 Å². The average Bonchev–Trinajstić information content (AvgIpc) is 2.72. The Hall–Kier alpha value is -0.630. The van der Waals surface area contributed by atoms with Crippen LogP contribution in [0.5, 0.6) is 0 Å². The second-order valence-electron chi connectivity index (χ2n) is 4.87. The molecule has 1 aliphatic rings. The van der Waals surface area contributed by atoms with Crippen LogP contribution >= 0.6 is 15.9 Å². The monoisotopic (exact) mass is 348 g/mol. The molecule has 0 aromatic heterocycles. The standard InChI is InChI=1S/C12H17BrN2O3S/c13-11-6-9(14)2-4-12(11)19(17,18)15-7-8-1-3-10(16)5-8/h2,4,6,8,10,15-16H,1,3,5,7,14H2. The van der Waals surface area contributed by atoms with Crippen molar-refractivity contribution in [1.29, 1.82) is 0 Å². The fourth-order valence-electron chi connectivity index (χ4n) is 2.27. The highest BCUT2D eigenvalue weighted by Gasteiger charge is 2.25. The van der Waals surface area contributed by atoms with E-state index >= 15 is 0 Å². The molecule has 5 nitrogen and oxygen atoms in total. The predicted molar refractivity (Wildman–Crippen MR) is 77.1 cm³/mol. The van der Waals surface area contributed by atoms with Crippen LogP contribution in [0.1, 0.15) is 19.3 Å². The number of aliphatic hydroxyl groups is 1. The van der Waals surface area contributed by atoms with E-state index in [9.17, 15) is 13.5 Å². The predicted octanol–water partition coefficient (Wildman–Crippen LogP) is 1.47. The van der Waals surface area contributed by atoms with Crippen LogP contribution in [0.4, 0.5) is 5.69 Å². The van der Waals surface area contributed by atoms with Gasteiger partial charge in [0.05, 0.1) is 11.0 Å². The van der Waals surface area contributed by atoms with Crippen LogP contribution < -0.4 is 10.5 Å². The van der Waals surface area contributed by atoms with E-state index in [0.717, 1.165) is 12.8 Å². The molecule has 0 radical (unpaired) electrons. The van der Waals surface area contributed by atoms with Crippen molar-refractivity contribution in [2.45, 2.75) is 30.3 Å². The Balaban J connectivity index is 2.06. The van der Waals surface area contributed by atoms with Crippen LogP contribution in [0.2, 0.25) is 0 Å². The number of hydrogen-bond donors (Lipinski definition) is 3. The lowest BCUT2D eigenvalue weighted by atomic mass is 10.1. The van der Waals surface area contributed by atoms with Gasteiger partial charge < -0.3 is 10.8 Å². The van der Waals surface area contributed by atoms with Crippen LogP contribution in [0.3, 0.4) is 0 Å². The number of sulfonamides is 1. The summed E-state index contributed by atoms with van der Waals surface area (Å²) in [6.45, 7) is 0.357. The van der Waals surface area contributed by atoms with Gasteiger partial charge in [0.15, 0.2) is 0 Å². The zero-order valence-electron chi connectivity index (χ0n) is 10.3. The van der Waals surface area contributed by atoms with E-state index in [-0.39, 0.29) is 16.9 Å². The lowest BCUT2D eigenvalue weighted by Gasteiger charge is -2.12. The highest BCUT2D eigenvalue weighted by molar-refractivity contribution is 9.10. The van der Waals surface area contributed by atoms with Gasteiger partial charge in [0.2, 0.25) is 10.0 Å². The molecule has 1 aromatic rings. The molecule has 4 N–H and O–H groups in total. The van der Waals surface area contributed by atoms with Crippen molar-refractivity contribution < 1.29 is 13.5 Å². The Kier molecular flexibility index (Phi) is 4.50. The van der Waals surface area contributed by atoms with Gasteiger partial charge in [0, 0.05) is 16.7 Å². The summed E-state index contributed by atoms with van der Waals surface area (Å²) in [5, 5.41) is 9.42. The van der Waals surface area contributed by atoms with Crippen molar-refractivity contribution in [3.05, 3.63) is 22.7 Å². The van der Waals surface area contributed by atoms with Crippen molar-refractivity contribution in [3.63, 3.8) is 0 Å². The summed E-state index contributed by atoms with van der Waals surface area (Å²) in [5.41, 5.74) is 6.09. The van der Waals surface area contributed by atoms with E-state index in [0.29, 0.717) is 23.1 Å². The third kappa shape index (κ3) is 3.68. The number of benzene rings is 1. The summed E-state index contributed by atoms with van der Waals surface area (Å²) in [5.74, 6) is 0.206. The van der Waals surface area contributed by atoms with Crippen LogP contribution in [-0.2, 0) is 10.0 Å². The van der Waals surface area contributed by atoms with E-state index < -0.39 is 10.0 Å². The molecule has 2 atom stereocenters. The van der Waals surface area contributed by atoms with Crippen LogP contribution in [0, 0.1) is 5.92 Å². The summed E-state index contributed by atoms with van der Waals surface area (Å²) >= 11 is 3.21. The number of nitrogens with one attached hydrogen (secondary N) is 1. The van der Waals surface area contributed by atoms with Crippen molar-refractivity contribution in [3.8, 4) is 0 Å². The summed E-state index contributed by atoms with van der Waals surface area (Å²) in [7, 11) is -3.55. The maximum Gasteiger partial charge on any atom is 0.241 e. The van der Waals surface area contributed by atoms with Gasteiger partial charge in [-0.25, -0.2) is 13.1 Å². The minimum atomic E-state index is -3.55. The first-order valence-electron chi connectivity index (χ1n) is 6.11. The Bertz CT molecular complexity index is 562. The van der Waals surface area contributed by atoms with E-state index in [2.05, 4.69) is 20.7 Å². The molecule has 0 bridgehead atoms. The lowest BCUT2D eigenvalue weighted by molar-refractivity contribution is 0.178. The molecule has 1 fully saturated rings. The van der Waals surface area contributed by atoms with Gasteiger partial charge in [-0.15, -0.1) is 0 Å². The zero-order chi connectivity index (χ0) is 14.0. The summed E-state index contributed by atoms with van der Waals surface area (Å²) in [6.07, 6.45) is 1.97. The Morgan fingerprint density at radius 3 is 2.74 bits per heavy atom. The van der Waals surface area contributed by atoms with Crippen molar-refractivity contribution in [2.24, 2.45) is 5.92 Å². The molecule has 0 saturated heterocycles. The number of nitrogen functional groups attached to an aromatic ring is 1. The van der Waals surface area contributed by atoms with E-state index in [1.165, 1.54) is 6.07 Å². The van der Waals surface area contributed by atoms with Crippen LogP contribution in [0.15, 0.2) is 27.6 Å². The largest absolute Gasteiger partial charge is 0.399 e. The molecule has 1 aromatic carbocycles. The van der Waals surface area contributed by atoms with E-state index in [1.807, 2.05) is 0 Å². The molecule has 0 heterocycles. The molecule has 1 aliphatic carbocycles. The molecule has 0 spiro atoms. The minimum absolute atomic E-state index is 0.181. The first-order valence-corrected chi connectivity index (χ1v) is 8.39. The highest BCUT2D eigenvalue weighted by Crippen LogP contribution is 2.27. The van der Waals surface area contributed by atoms with Gasteiger partial charge in [-0.1, -0.05) is 0 Å². The molecular weight excluding hydrogens is 332 g/mol. The Morgan fingerprint density at radius 2 is 2.16 bits per heavy atom. The molecular formula is C12H17BrN2O3S. The number of anilines is 1. The normalized spacial score (nSPS) is 23.7. The summed E-state index contributed by atoms with van der Waals surface area (Å²) < 4.78 is 27.4. The van der Waals surface area contributed by atoms with Gasteiger partial charge in [0.25, 0.3) is 0 Å². The maximum atomic E-state index is 12.2. The van der Waals surface area contributed by atoms with Gasteiger partial charge >= 0.3 is 0 Å². The second-order valence-corrected chi connectivity index (χ2v) is 7.46. The van der Waals surface area contributed by atoms with Crippen LogP contribution in [0.25, 0.3) is 0 Å². The first-order chi connectivity index (χ1) is 8.88. The number of aliphatic hydroxyl groups excluding tert-OH is 1. The number of nitrogens with two attached hydrogens (primary N) is 1. The number of rotatable bonds is 4. The van der Waals surface area contributed by atoms with Crippen molar-refractivity contribution in [2.75, 3.05) is 12.3 Å². The molecule has 0 amide bonds. The molecule has 0 aliphatic heterocycles. The fourth-order valence-corrected chi connectivity index (χ4v) is 4.48. The summed E-state index contributed by atoms with van der Waals surface area (Å²) in [6, 6.07) is 4.60. The van der Waals surface area contributed by atoms with E-state index in [4.69, 9.17) is 5.73 Å². The second kappa shape index (κ2) is 5.78. The molecule has 2 rings (SSSR count). The molecule has 7 heteroatoms.